The highest BCUT2D eigenvalue weighted by Crippen LogP contribution is 2.22. The summed E-state index contributed by atoms with van der Waals surface area (Å²) < 4.78 is 10.2. The zero-order valence-electron chi connectivity index (χ0n) is 13.4. The van der Waals surface area contributed by atoms with Crippen molar-refractivity contribution in [2.24, 2.45) is 0 Å². The van der Waals surface area contributed by atoms with Crippen LogP contribution in [0, 0.1) is 10.1 Å². The number of thiocarbonyl (C=S) groups is 1. The van der Waals surface area contributed by atoms with Gasteiger partial charge < -0.3 is 14.8 Å². The Morgan fingerprint density at radius 2 is 1.76 bits per heavy atom. The first-order chi connectivity index (χ1) is 11.9. The minimum absolute atomic E-state index is 0.00675. The van der Waals surface area contributed by atoms with Gasteiger partial charge in [0.2, 0.25) is 0 Å². The monoisotopic (exact) mass is 361 g/mol. The van der Waals surface area contributed by atoms with E-state index in [1.54, 1.807) is 12.1 Å². The van der Waals surface area contributed by atoms with Crippen molar-refractivity contribution in [2.75, 3.05) is 19.5 Å². The molecule has 0 fully saturated rings. The molecule has 0 atom stereocenters. The maximum atomic E-state index is 12.3. The Morgan fingerprint density at radius 1 is 1.12 bits per heavy atom. The van der Waals surface area contributed by atoms with E-state index in [1.807, 2.05) is 0 Å². The molecule has 2 aromatic carbocycles. The van der Waals surface area contributed by atoms with Crippen LogP contribution in [0.3, 0.4) is 0 Å². The Kier molecular flexibility index (Phi) is 5.85. The number of nitro groups is 1. The molecule has 8 nitrogen and oxygen atoms in total. The van der Waals surface area contributed by atoms with Crippen LogP contribution in [0.1, 0.15) is 10.4 Å². The van der Waals surface area contributed by atoms with E-state index < -0.39 is 10.8 Å². The fourth-order valence-electron chi connectivity index (χ4n) is 1.97. The Balaban J connectivity index is 2.09. The summed E-state index contributed by atoms with van der Waals surface area (Å²) >= 11 is 5.07. The van der Waals surface area contributed by atoms with Gasteiger partial charge in [0.05, 0.1) is 19.1 Å². The molecular weight excluding hydrogens is 346 g/mol. The zero-order chi connectivity index (χ0) is 18.4. The molecule has 2 N–H and O–H groups in total. The summed E-state index contributed by atoms with van der Waals surface area (Å²) in [6, 6.07) is 10.5. The molecule has 0 aliphatic carbocycles. The van der Waals surface area contributed by atoms with Crippen molar-refractivity contribution in [3.05, 3.63) is 58.1 Å². The number of ether oxygens (including phenoxy) is 2. The number of anilines is 1. The number of carbonyl (C=O) groups excluding carboxylic acids is 1. The van der Waals surface area contributed by atoms with E-state index in [0.29, 0.717) is 22.7 Å². The largest absolute Gasteiger partial charge is 0.497 e. The fourth-order valence-corrected chi connectivity index (χ4v) is 2.18. The molecule has 2 rings (SSSR count). The molecular formula is C16H15N3O5S. The molecule has 1 amide bonds. The van der Waals surface area contributed by atoms with Crippen molar-refractivity contribution < 1.29 is 19.2 Å². The molecule has 130 valence electrons. The van der Waals surface area contributed by atoms with E-state index in [1.165, 1.54) is 44.6 Å². The Labute approximate surface area is 148 Å². The highest BCUT2D eigenvalue weighted by atomic mass is 32.1. The number of nitrogens with zero attached hydrogens (tertiary/aromatic N) is 1. The molecule has 0 radical (unpaired) electrons. The molecule has 2 aromatic rings. The number of rotatable bonds is 5. The van der Waals surface area contributed by atoms with Crippen LogP contribution >= 0.6 is 12.2 Å². The Bertz CT molecular complexity index is 803. The first-order valence-electron chi connectivity index (χ1n) is 7.03. The van der Waals surface area contributed by atoms with Gasteiger partial charge in [-0.25, -0.2) is 0 Å². The van der Waals surface area contributed by atoms with E-state index in [0.717, 1.165) is 0 Å². The third-order valence-corrected chi connectivity index (χ3v) is 3.36. The molecule has 0 aliphatic heterocycles. The van der Waals surface area contributed by atoms with Gasteiger partial charge in [-0.05, 0) is 30.4 Å². The molecule has 0 saturated heterocycles. The summed E-state index contributed by atoms with van der Waals surface area (Å²) in [6.45, 7) is 0. The molecule has 0 aliphatic rings. The van der Waals surface area contributed by atoms with Crippen LogP contribution in [0.2, 0.25) is 0 Å². The van der Waals surface area contributed by atoms with E-state index in [2.05, 4.69) is 10.6 Å². The van der Waals surface area contributed by atoms with Gasteiger partial charge in [0, 0.05) is 29.4 Å². The normalized spacial score (nSPS) is 9.84. The number of nitro benzene ring substituents is 1. The lowest BCUT2D eigenvalue weighted by atomic mass is 10.2. The summed E-state index contributed by atoms with van der Waals surface area (Å²) in [4.78, 5) is 22.6. The van der Waals surface area contributed by atoms with E-state index in [4.69, 9.17) is 21.7 Å². The second kappa shape index (κ2) is 8.06. The van der Waals surface area contributed by atoms with Crippen molar-refractivity contribution in [3.8, 4) is 11.5 Å². The first-order valence-corrected chi connectivity index (χ1v) is 7.43. The second-order valence-electron chi connectivity index (χ2n) is 4.82. The highest BCUT2D eigenvalue weighted by molar-refractivity contribution is 7.80. The number of benzene rings is 2. The van der Waals surface area contributed by atoms with Gasteiger partial charge in [-0.2, -0.15) is 0 Å². The predicted molar refractivity (Wildman–Crippen MR) is 96.3 cm³/mol. The molecule has 25 heavy (non-hydrogen) atoms. The third-order valence-electron chi connectivity index (χ3n) is 3.16. The summed E-state index contributed by atoms with van der Waals surface area (Å²) in [5.41, 5.74) is 0.596. The maximum Gasteiger partial charge on any atom is 0.271 e. The zero-order valence-corrected chi connectivity index (χ0v) is 14.3. The quantitative estimate of drug-likeness (QED) is 0.479. The van der Waals surface area contributed by atoms with Crippen LogP contribution in [0.15, 0.2) is 42.5 Å². The number of hydrogen-bond acceptors (Lipinski definition) is 6. The van der Waals surface area contributed by atoms with Crippen molar-refractivity contribution in [3.63, 3.8) is 0 Å². The first kappa shape index (κ1) is 18.1. The SMILES string of the molecule is COc1cc(OC)cc(C(=O)NC(=S)Nc2cccc([N+](=O)[O-])c2)c1. The predicted octanol–water partition coefficient (Wildman–Crippen LogP) is 2.74. The lowest BCUT2D eigenvalue weighted by Crippen LogP contribution is -2.34. The number of amides is 1. The van der Waals surface area contributed by atoms with E-state index in [9.17, 15) is 14.9 Å². The maximum absolute atomic E-state index is 12.3. The summed E-state index contributed by atoms with van der Waals surface area (Å²) in [5.74, 6) is 0.448. The Hall–Kier alpha value is -3.20. The van der Waals surface area contributed by atoms with Gasteiger partial charge in [-0.3, -0.25) is 20.2 Å². The molecule has 0 aromatic heterocycles. The van der Waals surface area contributed by atoms with Crippen LogP contribution in [-0.4, -0.2) is 30.2 Å². The minimum atomic E-state index is -0.519. The fraction of sp³-hybridized carbons (Fsp3) is 0.125. The molecule has 0 spiro atoms. The molecule has 0 bridgehead atoms. The van der Waals surface area contributed by atoms with Crippen LogP contribution in [0.25, 0.3) is 0 Å². The van der Waals surface area contributed by atoms with E-state index >= 15 is 0 Å². The smallest absolute Gasteiger partial charge is 0.271 e. The van der Waals surface area contributed by atoms with Gasteiger partial charge in [-0.1, -0.05) is 6.07 Å². The minimum Gasteiger partial charge on any atom is -0.497 e. The third kappa shape index (κ3) is 4.88. The van der Waals surface area contributed by atoms with E-state index in [-0.39, 0.29) is 10.8 Å². The van der Waals surface area contributed by atoms with Crippen molar-refractivity contribution >= 4 is 34.6 Å². The average Bonchev–Trinajstić information content (AvgIpc) is 2.61. The number of non-ortho nitro benzene ring substituents is 1. The van der Waals surface area contributed by atoms with Crippen LogP contribution in [0.4, 0.5) is 11.4 Å². The second-order valence-corrected chi connectivity index (χ2v) is 5.23. The number of nitrogens with one attached hydrogen (secondary N) is 2. The van der Waals surface area contributed by atoms with Crippen molar-refractivity contribution in [2.45, 2.75) is 0 Å². The molecule has 9 heteroatoms. The van der Waals surface area contributed by atoms with Crippen molar-refractivity contribution in [1.29, 1.82) is 0 Å². The standard InChI is InChI=1S/C16H15N3O5S/c1-23-13-6-10(7-14(9-13)24-2)15(20)18-16(25)17-11-4-3-5-12(8-11)19(21)22/h3-9H,1-2H3,(H2,17,18,20,25). The van der Waals surface area contributed by atoms with Crippen molar-refractivity contribution in [1.82, 2.24) is 5.32 Å². The number of methoxy groups -OCH3 is 2. The number of carbonyl (C=O) groups is 1. The van der Waals surface area contributed by atoms with Gasteiger partial charge in [-0.15, -0.1) is 0 Å². The lowest BCUT2D eigenvalue weighted by Gasteiger charge is -2.11. The summed E-state index contributed by atoms with van der Waals surface area (Å²) in [7, 11) is 2.95. The van der Waals surface area contributed by atoms with Gasteiger partial charge in [0.15, 0.2) is 5.11 Å². The van der Waals surface area contributed by atoms with Crippen LogP contribution in [0.5, 0.6) is 11.5 Å². The molecule has 0 unspecified atom stereocenters. The summed E-state index contributed by atoms with van der Waals surface area (Å²) in [6.07, 6.45) is 0. The average molecular weight is 361 g/mol. The Morgan fingerprint density at radius 3 is 2.32 bits per heavy atom. The molecule has 0 saturated carbocycles. The topological polar surface area (TPSA) is 103 Å². The number of hydrogen-bond donors (Lipinski definition) is 2. The van der Waals surface area contributed by atoms with Gasteiger partial charge in [0.25, 0.3) is 11.6 Å². The lowest BCUT2D eigenvalue weighted by molar-refractivity contribution is -0.384. The highest BCUT2D eigenvalue weighted by Gasteiger charge is 2.12. The molecule has 0 heterocycles. The summed E-state index contributed by atoms with van der Waals surface area (Å²) in [5, 5.41) is 16.0. The van der Waals surface area contributed by atoms with Crippen LogP contribution in [-0.2, 0) is 0 Å². The van der Waals surface area contributed by atoms with Crippen LogP contribution < -0.4 is 20.1 Å². The van der Waals surface area contributed by atoms with Gasteiger partial charge >= 0.3 is 0 Å². The van der Waals surface area contributed by atoms with Gasteiger partial charge in [0.1, 0.15) is 11.5 Å².